The van der Waals surface area contributed by atoms with Crippen molar-refractivity contribution >= 4 is 16.8 Å². The smallest absolute Gasteiger partial charge is 0.277 e. The minimum Gasteiger partial charge on any atom is -0.467 e. The van der Waals surface area contributed by atoms with Gasteiger partial charge in [-0.05, 0) is 31.2 Å². The van der Waals surface area contributed by atoms with Crippen LogP contribution in [-0.4, -0.2) is 20.9 Å². The largest absolute Gasteiger partial charge is 0.467 e. The van der Waals surface area contributed by atoms with Gasteiger partial charge in [0.15, 0.2) is 0 Å². The van der Waals surface area contributed by atoms with E-state index in [1.165, 1.54) is 4.68 Å². The lowest BCUT2D eigenvalue weighted by molar-refractivity contribution is -0.122. The van der Waals surface area contributed by atoms with E-state index < -0.39 is 0 Å². The summed E-state index contributed by atoms with van der Waals surface area (Å²) in [6.45, 7) is 2.01. The maximum Gasteiger partial charge on any atom is 0.277 e. The molecule has 1 unspecified atom stereocenters. The molecule has 1 N–H and O–H groups in total. The molecule has 0 saturated carbocycles. The van der Waals surface area contributed by atoms with Crippen LogP contribution in [0.25, 0.3) is 10.9 Å². The number of hydrogen-bond donors (Lipinski definition) is 1. The molecule has 2 heterocycles. The molecular weight excluding hydrogens is 296 g/mol. The molecule has 2 aromatic heterocycles. The summed E-state index contributed by atoms with van der Waals surface area (Å²) in [6.07, 6.45) is 1.69. The lowest BCUT2D eigenvalue weighted by Crippen LogP contribution is -2.30. The molecule has 0 spiro atoms. The van der Waals surface area contributed by atoms with E-state index in [0.29, 0.717) is 16.7 Å². The number of benzene rings is 1. The summed E-state index contributed by atoms with van der Waals surface area (Å²) < 4.78 is 6.44. The Labute approximate surface area is 131 Å². The minimum atomic E-state index is -0.248. The van der Waals surface area contributed by atoms with Gasteiger partial charge in [0.2, 0.25) is 5.91 Å². The Morgan fingerprint density at radius 1 is 1.30 bits per heavy atom. The molecule has 0 aliphatic heterocycles. The maximum atomic E-state index is 12.3. The number of fused-ring (bicyclic) bond motifs is 1. The Morgan fingerprint density at radius 2 is 2.13 bits per heavy atom. The van der Waals surface area contributed by atoms with Crippen molar-refractivity contribution in [2.24, 2.45) is 0 Å². The van der Waals surface area contributed by atoms with E-state index >= 15 is 0 Å². The molecule has 7 nitrogen and oxygen atoms in total. The van der Waals surface area contributed by atoms with Crippen LogP contribution in [0.1, 0.15) is 25.1 Å². The molecule has 0 saturated heterocycles. The van der Waals surface area contributed by atoms with Crippen LogP contribution in [0, 0.1) is 0 Å². The molecule has 1 amide bonds. The van der Waals surface area contributed by atoms with Gasteiger partial charge in [0.1, 0.15) is 11.3 Å². The topological polar surface area (TPSA) is 90.0 Å². The molecule has 0 aliphatic carbocycles. The van der Waals surface area contributed by atoms with Crippen molar-refractivity contribution < 1.29 is 9.21 Å². The van der Waals surface area contributed by atoms with Crippen LogP contribution < -0.4 is 10.9 Å². The second-order valence-electron chi connectivity index (χ2n) is 5.19. The number of rotatable bonds is 5. The molecule has 1 aromatic carbocycles. The van der Waals surface area contributed by atoms with Crippen LogP contribution >= 0.6 is 0 Å². The summed E-state index contributed by atoms with van der Waals surface area (Å²) in [5.41, 5.74) is 0.298. The lowest BCUT2D eigenvalue weighted by atomic mass is 10.2. The normalized spacial score (nSPS) is 12.2. The number of nitrogens with one attached hydrogen (secondary N) is 1. The Kier molecular flexibility index (Phi) is 4.18. The highest BCUT2D eigenvalue weighted by Crippen LogP contribution is 2.12. The summed E-state index contributed by atoms with van der Waals surface area (Å²) >= 11 is 0. The first-order valence-electron chi connectivity index (χ1n) is 7.30. The van der Waals surface area contributed by atoms with Crippen LogP contribution in [0.15, 0.2) is 51.9 Å². The van der Waals surface area contributed by atoms with Crippen molar-refractivity contribution in [3.63, 3.8) is 0 Å². The lowest BCUT2D eigenvalue weighted by Gasteiger charge is -2.11. The van der Waals surface area contributed by atoms with Crippen molar-refractivity contribution in [3.05, 3.63) is 58.8 Å². The molecule has 0 fully saturated rings. The summed E-state index contributed by atoms with van der Waals surface area (Å²) in [5.74, 6) is 0.497. The highest BCUT2D eigenvalue weighted by atomic mass is 16.3. The monoisotopic (exact) mass is 312 g/mol. The van der Waals surface area contributed by atoms with Gasteiger partial charge in [-0.1, -0.05) is 17.3 Å². The molecule has 3 rings (SSSR count). The first-order chi connectivity index (χ1) is 11.1. The number of nitrogens with zero attached hydrogens (tertiary/aromatic N) is 3. The quantitative estimate of drug-likeness (QED) is 0.773. The fourth-order valence-electron chi connectivity index (χ4n) is 2.30. The number of aryl methyl sites for hydroxylation is 1. The van der Waals surface area contributed by atoms with Gasteiger partial charge in [0.05, 0.1) is 24.2 Å². The number of carbonyl (C=O) groups excluding carboxylic acids is 1. The van der Waals surface area contributed by atoms with E-state index in [1.54, 1.807) is 42.7 Å². The third kappa shape index (κ3) is 3.28. The van der Waals surface area contributed by atoms with E-state index in [-0.39, 0.29) is 30.5 Å². The second kappa shape index (κ2) is 6.43. The SMILES string of the molecule is CC(NC(=O)CCn1nnc2ccccc2c1=O)c1ccco1. The van der Waals surface area contributed by atoms with Gasteiger partial charge in [-0.25, -0.2) is 4.68 Å². The van der Waals surface area contributed by atoms with Crippen LogP contribution in [0.5, 0.6) is 0 Å². The van der Waals surface area contributed by atoms with E-state index in [4.69, 9.17) is 4.42 Å². The van der Waals surface area contributed by atoms with Gasteiger partial charge in [-0.3, -0.25) is 9.59 Å². The number of aromatic nitrogens is 3. The van der Waals surface area contributed by atoms with Crippen molar-refractivity contribution in [2.45, 2.75) is 25.9 Å². The molecule has 0 bridgehead atoms. The fourth-order valence-corrected chi connectivity index (χ4v) is 2.30. The zero-order valence-electron chi connectivity index (χ0n) is 12.6. The average Bonchev–Trinajstić information content (AvgIpc) is 3.09. The van der Waals surface area contributed by atoms with E-state index in [1.807, 2.05) is 6.92 Å². The summed E-state index contributed by atoms with van der Waals surface area (Å²) in [6, 6.07) is 10.3. The molecule has 0 aliphatic rings. The zero-order valence-corrected chi connectivity index (χ0v) is 12.6. The third-order valence-corrected chi connectivity index (χ3v) is 3.53. The molecular formula is C16H16N4O3. The highest BCUT2D eigenvalue weighted by Gasteiger charge is 2.12. The predicted octanol–water partition coefficient (Wildman–Crippen LogP) is 1.65. The molecule has 0 radical (unpaired) electrons. The van der Waals surface area contributed by atoms with Gasteiger partial charge >= 0.3 is 0 Å². The number of hydrogen-bond acceptors (Lipinski definition) is 5. The van der Waals surface area contributed by atoms with E-state index in [0.717, 1.165) is 0 Å². The minimum absolute atomic E-state index is 0.137. The Hall–Kier alpha value is -2.96. The van der Waals surface area contributed by atoms with E-state index in [9.17, 15) is 9.59 Å². The van der Waals surface area contributed by atoms with Crippen molar-refractivity contribution in [2.75, 3.05) is 0 Å². The van der Waals surface area contributed by atoms with Crippen LogP contribution in [-0.2, 0) is 11.3 Å². The first-order valence-corrected chi connectivity index (χ1v) is 7.30. The van der Waals surface area contributed by atoms with Crippen molar-refractivity contribution in [1.29, 1.82) is 0 Å². The summed E-state index contributed by atoms with van der Waals surface area (Å²) in [4.78, 5) is 24.2. The highest BCUT2D eigenvalue weighted by molar-refractivity contribution is 5.77. The van der Waals surface area contributed by atoms with Gasteiger partial charge in [-0.2, -0.15) is 0 Å². The number of amides is 1. The van der Waals surface area contributed by atoms with Gasteiger partial charge in [0.25, 0.3) is 5.56 Å². The van der Waals surface area contributed by atoms with Crippen molar-refractivity contribution in [1.82, 2.24) is 20.3 Å². The Morgan fingerprint density at radius 3 is 2.91 bits per heavy atom. The summed E-state index contributed by atoms with van der Waals surface area (Å²) in [7, 11) is 0. The molecule has 7 heteroatoms. The molecule has 1 atom stereocenters. The Bertz CT molecular complexity index is 870. The zero-order chi connectivity index (χ0) is 16.2. The average molecular weight is 312 g/mol. The third-order valence-electron chi connectivity index (χ3n) is 3.53. The second-order valence-corrected chi connectivity index (χ2v) is 5.19. The molecule has 3 aromatic rings. The standard InChI is InChI=1S/C16H16N4O3/c1-11(14-7-4-10-23-14)17-15(21)8-9-20-16(22)12-5-2-3-6-13(12)18-19-20/h2-7,10-11H,8-9H2,1H3,(H,17,21). The van der Waals surface area contributed by atoms with Gasteiger partial charge < -0.3 is 9.73 Å². The predicted molar refractivity (Wildman–Crippen MR) is 83.7 cm³/mol. The van der Waals surface area contributed by atoms with Crippen LogP contribution in [0.4, 0.5) is 0 Å². The van der Waals surface area contributed by atoms with Crippen LogP contribution in [0.3, 0.4) is 0 Å². The maximum absolute atomic E-state index is 12.3. The summed E-state index contributed by atoms with van der Waals surface area (Å²) in [5, 5.41) is 11.2. The first kappa shape index (κ1) is 15.0. The molecule has 23 heavy (non-hydrogen) atoms. The number of furan rings is 1. The van der Waals surface area contributed by atoms with Gasteiger partial charge in [0, 0.05) is 6.42 Å². The fraction of sp³-hybridized carbons (Fsp3) is 0.250. The van der Waals surface area contributed by atoms with Crippen molar-refractivity contribution in [3.8, 4) is 0 Å². The number of carbonyl (C=O) groups is 1. The van der Waals surface area contributed by atoms with Crippen LogP contribution in [0.2, 0.25) is 0 Å². The van der Waals surface area contributed by atoms with E-state index in [2.05, 4.69) is 15.6 Å². The Balaban J connectivity index is 1.65. The van der Waals surface area contributed by atoms with Gasteiger partial charge in [-0.15, -0.1) is 5.10 Å². The molecule has 118 valence electrons.